The normalized spacial score (nSPS) is 16.0. The highest BCUT2D eigenvalue weighted by molar-refractivity contribution is 7.25. The number of hydrogen-bond donors (Lipinski definition) is 1. The Kier molecular flexibility index (Phi) is 3.65. The summed E-state index contributed by atoms with van der Waals surface area (Å²) in [7, 11) is 1.87. The van der Waals surface area contributed by atoms with Crippen LogP contribution in [0, 0.1) is 0 Å². The van der Waals surface area contributed by atoms with E-state index in [1.165, 1.54) is 24.2 Å². The third-order valence-electron chi connectivity index (χ3n) is 4.42. The molecule has 4 heterocycles. The number of pyridine rings is 1. The molecule has 0 unspecified atom stereocenters. The molecule has 7 heteroatoms. The molecule has 0 radical (unpaired) electrons. The average molecular weight is 329 g/mol. The minimum Gasteiger partial charge on any atom is -0.387 e. The molecule has 1 aliphatic heterocycles. The van der Waals surface area contributed by atoms with Gasteiger partial charge in [-0.2, -0.15) is 0 Å². The monoisotopic (exact) mass is 329 g/mol. The van der Waals surface area contributed by atoms with Crippen LogP contribution in [0.3, 0.4) is 0 Å². The van der Waals surface area contributed by atoms with E-state index in [0.29, 0.717) is 4.70 Å². The first-order chi connectivity index (χ1) is 11.3. The fourth-order valence-corrected chi connectivity index (χ4v) is 4.27. The fraction of sp³-hybridized carbons (Fsp3) is 0.438. The van der Waals surface area contributed by atoms with Crippen LogP contribution in [-0.2, 0) is 0 Å². The minimum absolute atomic E-state index is 0.0157. The van der Waals surface area contributed by atoms with Crippen LogP contribution in [0.5, 0.6) is 0 Å². The van der Waals surface area contributed by atoms with Crippen LogP contribution in [0.15, 0.2) is 23.4 Å². The van der Waals surface area contributed by atoms with Crippen molar-refractivity contribution < 1.29 is 0 Å². The Labute approximate surface area is 137 Å². The third-order valence-corrected chi connectivity index (χ3v) is 5.50. The number of nitrogens with zero attached hydrogens (tertiary/aromatic N) is 4. The van der Waals surface area contributed by atoms with E-state index in [0.717, 1.165) is 47.4 Å². The molecule has 3 aromatic rings. The van der Waals surface area contributed by atoms with E-state index in [1.807, 2.05) is 13.1 Å². The molecule has 120 valence electrons. The molecule has 23 heavy (non-hydrogen) atoms. The van der Waals surface area contributed by atoms with Crippen molar-refractivity contribution in [3.63, 3.8) is 0 Å². The summed E-state index contributed by atoms with van der Waals surface area (Å²) in [5, 5.41) is 6.22. The van der Waals surface area contributed by atoms with Crippen molar-refractivity contribution in [1.29, 1.82) is 0 Å². The zero-order valence-corrected chi connectivity index (χ0v) is 13.9. The van der Waals surface area contributed by atoms with E-state index in [4.69, 9.17) is 0 Å². The van der Waals surface area contributed by atoms with Crippen LogP contribution in [0.25, 0.3) is 20.4 Å². The molecule has 0 aliphatic carbocycles. The molecule has 0 aromatic carbocycles. The zero-order chi connectivity index (χ0) is 15.8. The average Bonchev–Trinajstić information content (AvgIpc) is 2.77. The molecule has 0 atom stereocenters. The molecule has 0 saturated carbocycles. The summed E-state index contributed by atoms with van der Waals surface area (Å²) in [6.45, 7) is 1.83. The molecule has 0 amide bonds. The van der Waals surface area contributed by atoms with Gasteiger partial charge in [-0.1, -0.05) is 12.8 Å². The lowest BCUT2D eigenvalue weighted by atomic mass is 10.2. The highest BCUT2D eigenvalue weighted by Crippen LogP contribution is 2.33. The molecule has 4 rings (SSSR count). The topological polar surface area (TPSA) is 63.1 Å². The Morgan fingerprint density at radius 1 is 1.17 bits per heavy atom. The smallest absolute Gasteiger partial charge is 0.290 e. The van der Waals surface area contributed by atoms with E-state index in [2.05, 4.69) is 20.3 Å². The summed E-state index contributed by atoms with van der Waals surface area (Å²) in [5.74, 6) is 0. The van der Waals surface area contributed by atoms with Crippen LogP contribution < -0.4 is 15.9 Å². The Balaban J connectivity index is 1.91. The Morgan fingerprint density at radius 2 is 1.96 bits per heavy atom. The number of nitrogens with one attached hydrogen (secondary N) is 1. The lowest BCUT2D eigenvalue weighted by Crippen LogP contribution is -2.42. The van der Waals surface area contributed by atoms with Crippen molar-refractivity contribution in [3.05, 3.63) is 28.9 Å². The summed E-state index contributed by atoms with van der Waals surface area (Å²) in [4.78, 5) is 22.8. The first-order valence-electron chi connectivity index (χ1n) is 8.01. The molecule has 0 spiro atoms. The molecular formula is C16H19N5OS. The Bertz CT molecular complexity index is 908. The van der Waals surface area contributed by atoms with E-state index in [1.54, 1.807) is 17.2 Å². The molecule has 0 bridgehead atoms. The highest BCUT2D eigenvalue weighted by atomic mass is 32.1. The fourth-order valence-electron chi connectivity index (χ4n) is 3.22. The van der Waals surface area contributed by atoms with Gasteiger partial charge < -0.3 is 10.3 Å². The van der Waals surface area contributed by atoms with E-state index in [9.17, 15) is 4.79 Å². The van der Waals surface area contributed by atoms with Gasteiger partial charge in [-0.15, -0.1) is 11.3 Å². The van der Waals surface area contributed by atoms with Crippen molar-refractivity contribution >= 4 is 37.5 Å². The van der Waals surface area contributed by atoms with Crippen molar-refractivity contribution in [3.8, 4) is 0 Å². The highest BCUT2D eigenvalue weighted by Gasteiger charge is 2.18. The van der Waals surface area contributed by atoms with Gasteiger partial charge in [0.05, 0.1) is 5.39 Å². The van der Waals surface area contributed by atoms with E-state index < -0.39 is 0 Å². The SMILES string of the molecule is CNc1ccnc2sc3c(=O)n(N4CCCCCC4)cnc3c12. The lowest BCUT2D eigenvalue weighted by Gasteiger charge is -2.23. The van der Waals surface area contributed by atoms with Crippen molar-refractivity contribution in [2.45, 2.75) is 25.7 Å². The standard InChI is InChI=1S/C16H19N5OS/c1-17-11-6-7-18-15-12(11)13-14(23-15)16(22)21(10-19-13)20-8-4-2-3-5-9-20/h6-7,10H,2-5,8-9H2,1H3,(H,17,18). The van der Waals surface area contributed by atoms with Gasteiger partial charge in [0.25, 0.3) is 5.56 Å². The first kappa shape index (κ1) is 14.4. The number of thiophene rings is 1. The molecule has 1 saturated heterocycles. The maximum Gasteiger partial charge on any atom is 0.290 e. The van der Waals surface area contributed by atoms with Crippen molar-refractivity contribution in [1.82, 2.24) is 14.6 Å². The van der Waals surface area contributed by atoms with Crippen LogP contribution in [-0.4, -0.2) is 34.8 Å². The summed E-state index contributed by atoms with van der Waals surface area (Å²) in [5.41, 5.74) is 1.72. The van der Waals surface area contributed by atoms with Gasteiger partial charge in [0.2, 0.25) is 0 Å². The maximum atomic E-state index is 13.0. The second-order valence-electron chi connectivity index (χ2n) is 5.83. The zero-order valence-electron chi connectivity index (χ0n) is 13.1. The van der Waals surface area contributed by atoms with Crippen LogP contribution in [0.4, 0.5) is 5.69 Å². The Morgan fingerprint density at radius 3 is 2.70 bits per heavy atom. The van der Waals surface area contributed by atoms with Crippen LogP contribution >= 0.6 is 11.3 Å². The van der Waals surface area contributed by atoms with Gasteiger partial charge in [-0.3, -0.25) is 4.79 Å². The molecule has 3 aromatic heterocycles. The van der Waals surface area contributed by atoms with Gasteiger partial charge in [-0.05, 0) is 18.9 Å². The molecule has 6 nitrogen and oxygen atoms in total. The van der Waals surface area contributed by atoms with Gasteiger partial charge in [0.15, 0.2) is 0 Å². The van der Waals surface area contributed by atoms with Crippen LogP contribution in [0.1, 0.15) is 25.7 Å². The summed E-state index contributed by atoms with van der Waals surface area (Å²) in [6, 6.07) is 1.91. The van der Waals surface area contributed by atoms with Gasteiger partial charge >= 0.3 is 0 Å². The minimum atomic E-state index is 0.0157. The number of rotatable bonds is 2. The second kappa shape index (κ2) is 5.81. The molecular weight excluding hydrogens is 310 g/mol. The third kappa shape index (κ3) is 2.35. The van der Waals surface area contributed by atoms with Crippen LogP contribution in [0.2, 0.25) is 0 Å². The van der Waals surface area contributed by atoms with E-state index >= 15 is 0 Å². The number of anilines is 1. The largest absolute Gasteiger partial charge is 0.387 e. The Hall–Kier alpha value is -2.15. The summed E-state index contributed by atoms with van der Waals surface area (Å²) >= 11 is 1.43. The summed E-state index contributed by atoms with van der Waals surface area (Å²) < 4.78 is 2.38. The number of hydrogen-bond acceptors (Lipinski definition) is 6. The van der Waals surface area contributed by atoms with Crippen molar-refractivity contribution in [2.24, 2.45) is 0 Å². The summed E-state index contributed by atoms with van der Waals surface area (Å²) in [6.07, 6.45) is 8.16. The molecule has 1 N–H and O–H groups in total. The van der Waals surface area contributed by atoms with E-state index in [-0.39, 0.29) is 5.56 Å². The van der Waals surface area contributed by atoms with Gasteiger partial charge in [0.1, 0.15) is 21.4 Å². The second-order valence-corrected chi connectivity index (χ2v) is 6.83. The molecule has 1 fully saturated rings. The van der Waals surface area contributed by atoms with Crippen molar-refractivity contribution in [2.75, 3.05) is 30.5 Å². The quantitative estimate of drug-likeness (QED) is 0.783. The van der Waals surface area contributed by atoms with Gasteiger partial charge in [0, 0.05) is 32.0 Å². The van der Waals surface area contributed by atoms with Gasteiger partial charge in [-0.25, -0.2) is 14.6 Å². The predicted molar refractivity (Wildman–Crippen MR) is 95.1 cm³/mol. The maximum absolute atomic E-state index is 13.0. The lowest BCUT2D eigenvalue weighted by molar-refractivity contribution is 0.569. The number of aromatic nitrogens is 3. The first-order valence-corrected chi connectivity index (χ1v) is 8.83. The predicted octanol–water partition coefficient (Wildman–Crippen LogP) is 2.56. The molecule has 1 aliphatic rings. The number of fused-ring (bicyclic) bond motifs is 3.